The highest BCUT2D eigenvalue weighted by molar-refractivity contribution is 5.89. The molecule has 1 N–H and O–H groups in total. The molecule has 0 bridgehead atoms. The number of carbonyl (C=O) groups excluding carboxylic acids is 1. The Bertz CT molecular complexity index is 581. The summed E-state index contributed by atoms with van der Waals surface area (Å²) < 4.78 is 4.98. The van der Waals surface area contributed by atoms with E-state index >= 15 is 0 Å². The first kappa shape index (κ1) is 16.0. The van der Waals surface area contributed by atoms with E-state index in [4.69, 9.17) is 4.74 Å². The molecule has 4 heteroatoms. The van der Waals surface area contributed by atoms with Crippen LogP contribution in [0.3, 0.4) is 0 Å². The molecule has 0 aliphatic heterocycles. The Morgan fingerprint density at radius 1 is 1.09 bits per heavy atom. The normalized spacial score (nSPS) is 10.3. The average molecular weight is 299 g/mol. The van der Waals surface area contributed by atoms with Gasteiger partial charge in [0.25, 0.3) is 0 Å². The van der Waals surface area contributed by atoms with Crippen LogP contribution < -0.4 is 4.90 Å². The minimum atomic E-state index is -0.314. The highest BCUT2D eigenvalue weighted by Crippen LogP contribution is 2.18. The topological polar surface area (TPSA) is 49.8 Å². The number of nitrogens with zero attached hydrogens (tertiary/aromatic N) is 1. The Morgan fingerprint density at radius 3 is 2.36 bits per heavy atom. The van der Waals surface area contributed by atoms with E-state index in [2.05, 4.69) is 17.0 Å². The molecular formula is C18H21NO3. The first-order chi connectivity index (χ1) is 10.7. The van der Waals surface area contributed by atoms with Crippen LogP contribution in [0.25, 0.3) is 0 Å². The van der Waals surface area contributed by atoms with Crippen LogP contribution in [0.5, 0.6) is 0 Å². The summed E-state index contributed by atoms with van der Waals surface area (Å²) in [5.74, 6) is -0.314. The summed E-state index contributed by atoms with van der Waals surface area (Å²) in [6.07, 6.45) is 0. The number of rotatable bonds is 7. The third-order valence-corrected chi connectivity index (χ3v) is 3.33. The highest BCUT2D eigenvalue weighted by Gasteiger charge is 2.10. The number of hydrogen-bond donors (Lipinski definition) is 1. The van der Waals surface area contributed by atoms with Crippen molar-refractivity contribution in [3.8, 4) is 0 Å². The molecule has 0 unspecified atom stereocenters. The van der Waals surface area contributed by atoms with Gasteiger partial charge in [-0.1, -0.05) is 30.3 Å². The minimum absolute atomic E-state index is 0.0759. The van der Waals surface area contributed by atoms with Crippen LogP contribution in [0.4, 0.5) is 5.69 Å². The van der Waals surface area contributed by atoms with Gasteiger partial charge in [-0.15, -0.1) is 0 Å². The first-order valence-electron chi connectivity index (χ1n) is 7.41. The Morgan fingerprint density at radius 2 is 1.77 bits per heavy atom. The van der Waals surface area contributed by atoms with Gasteiger partial charge in [-0.3, -0.25) is 0 Å². The number of anilines is 1. The molecule has 0 aromatic heterocycles. The van der Waals surface area contributed by atoms with Gasteiger partial charge in [0.2, 0.25) is 0 Å². The van der Waals surface area contributed by atoms with Gasteiger partial charge >= 0.3 is 5.97 Å². The van der Waals surface area contributed by atoms with E-state index in [9.17, 15) is 9.90 Å². The minimum Gasteiger partial charge on any atom is -0.462 e. The monoisotopic (exact) mass is 299 g/mol. The molecule has 22 heavy (non-hydrogen) atoms. The van der Waals surface area contributed by atoms with Crippen molar-refractivity contribution in [2.45, 2.75) is 13.5 Å². The van der Waals surface area contributed by atoms with Crippen LogP contribution in [-0.2, 0) is 11.3 Å². The number of carbonyl (C=O) groups is 1. The van der Waals surface area contributed by atoms with Gasteiger partial charge in [0, 0.05) is 18.8 Å². The fourth-order valence-electron chi connectivity index (χ4n) is 2.25. The quantitative estimate of drug-likeness (QED) is 0.799. The van der Waals surface area contributed by atoms with Crippen molar-refractivity contribution in [2.75, 3.05) is 24.7 Å². The van der Waals surface area contributed by atoms with E-state index in [0.29, 0.717) is 25.3 Å². The van der Waals surface area contributed by atoms with Gasteiger partial charge in [0.05, 0.1) is 18.8 Å². The number of ether oxygens (including phenoxy) is 1. The second-order valence-corrected chi connectivity index (χ2v) is 4.90. The van der Waals surface area contributed by atoms with Crippen LogP contribution in [-0.4, -0.2) is 30.8 Å². The van der Waals surface area contributed by atoms with Crippen LogP contribution >= 0.6 is 0 Å². The molecule has 0 spiro atoms. The lowest BCUT2D eigenvalue weighted by atomic mass is 10.1. The number of benzene rings is 2. The molecule has 0 fully saturated rings. The fourth-order valence-corrected chi connectivity index (χ4v) is 2.25. The lowest BCUT2D eigenvalue weighted by molar-refractivity contribution is 0.0526. The van der Waals surface area contributed by atoms with Crippen molar-refractivity contribution in [2.24, 2.45) is 0 Å². The Hall–Kier alpha value is -2.33. The summed E-state index contributed by atoms with van der Waals surface area (Å²) in [6.45, 7) is 3.47. The van der Waals surface area contributed by atoms with Gasteiger partial charge in [0.1, 0.15) is 0 Å². The SMILES string of the molecule is CCOC(=O)c1ccc(N(CCO)Cc2ccccc2)cc1. The van der Waals surface area contributed by atoms with Crippen molar-refractivity contribution in [1.29, 1.82) is 0 Å². The number of esters is 1. The number of hydrogen-bond acceptors (Lipinski definition) is 4. The molecule has 0 saturated heterocycles. The van der Waals surface area contributed by atoms with Crippen LogP contribution in [0.2, 0.25) is 0 Å². The van der Waals surface area contributed by atoms with Crippen molar-refractivity contribution < 1.29 is 14.6 Å². The van der Waals surface area contributed by atoms with Crippen molar-refractivity contribution in [1.82, 2.24) is 0 Å². The largest absolute Gasteiger partial charge is 0.462 e. The zero-order chi connectivity index (χ0) is 15.8. The van der Waals surface area contributed by atoms with Crippen molar-refractivity contribution >= 4 is 11.7 Å². The highest BCUT2D eigenvalue weighted by atomic mass is 16.5. The molecule has 0 atom stereocenters. The second kappa shape index (κ2) is 8.20. The smallest absolute Gasteiger partial charge is 0.338 e. The maximum atomic E-state index is 11.7. The molecule has 0 aliphatic carbocycles. The molecule has 2 rings (SSSR count). The van der Waals surface area contributed by atoms with Gasteiger partial charge in [0.15, 0.2) is 0 Å². The lowest BCUT2D eigenvalue weighted by Gasteiger charge is -2.24. The predicted molar refractivity (Wildman–Crippen MR) is 87.0 cm³/mol. The number of aliphatic hydroxyl groups is 1. The molecule has 0 heterocycles. The molecular weight excluding hydrogens is 278 g/mol. The summed E-state index contributed by atoms with van der Waals surface area (Å²) in [6, 6.07) is 17.3. The maximum absolute atomic E-state index is 11.7. The van der Waals surface area contributed by atoms with Crippen LogP contribution in [0.1, 0.15) is 22.8 Å². The molecule has 0 saturated carbocycles. The Kier molecular flexibility index (Phi) is 5.98. The van der Waals surface area contributed by atoms with Crippen LogP contribution in [0, 0.1) is 0 Å². The maximum Gasteiger partial charge on any atom is 0.338 e. The Balaban J connectivity index is 2.13. The molecule has 2 aromatic rings. The van der Waals surface area contributed by atoms with E-state index in [-0.39, 0.29) is 12.6 Å². The summed E-state index contributed by atoms with van der Waals surface area (Å²) in [5, 5.41) is 9.27. The van der Waals surface area contributed by atoms with Gasteiger partial charge in [-0.25, -0.2) is 4.79 Å². The lowest BCUT2D eigenvalue weighted by Crippen LogP contribution is -2.26. The predicted octanol–water partition coefficient (Wildman–Crippen LogP) is 2.86. The summed E-state index contributed by atoms with van der Waals surface area (Å²) >= 11 is 0. The fraction of sp³-hybridized carbons (Fsp3) is 0.278. The molecule has 0 amide bonds. The molecule has 0 radical (unpaired) electrons. The average Bonchev–Trinajstić information content (AvgIpc) is 2.56. The zero-order valence-electron chi connectivity index (χ0n) is 12.7. The molecule has 2 aromatic carbocycles. The van der Waals surface area contributed by atoms with Crippen LogP contribution in [0.15, 0.2) is 54.6 Å². The van der Waals surface area contributed by atoms with Gasteiger partial charge < -0.3 is 14.7 Å². The van der Waals surface area contributed by atoms with E-state index < -0.39 is 0 Å². The standard InChI is InChI=1S/C18H21NO3/c1-2-22-18(21)16-8-10-17(11-9-16)19(12-13-20)14-15-6-4-3-5-7-15/h3-11,20H,2,12-14H2,1H3. The molecule has 116 valence electrons. The third-order valence-electron chi connectivity index (χ3n) is 3.33. The van der Waals surface area contributed by atoms with E-state index in [1.807, 2.05) is 30.3 Å². The van der Waals surface area contributed by atoms with E-state index in [0.717, 1.165) is 5.69 Å². The Labute approximate surface area is 131 Å². The molecule has 0 aliphatic rings. The molecule has 4 nitrogen and oxygen atoms in total. The van der Waals surface area contributed by atoms with Gasteiger partial charge in [-0.2, -0.15) is 0 Å². The summed E-state index contributed by atoms with van der Waals surface area (Å²) in [5.41, 5.74) is 2.67. The summed E-state index contributed by atoms with van der Waals surface area (Å²) in [4.78, 5) is 13.7. The van der Waals surface area contributed by atoms with Crippen molar-refractivity contribution in [3.05, 3.63) is 65.7 Å². The number of aliphatic hydroxyl groups excluding tert-OH is 1. The summed E-state index contributed by atoms with van der Waals surface area (Å²) in [7, 11) is 0. The van der Waals surface area contributed by atoms with E-state index in [1.165, 1.54) is 5.56 Å². The van der Waals surface area contributed by atoms with Crippen molar-refractivity contribution in [3.63, 3.8) is 0 Å². The second-order valence-electron chi connectivity index (χ2n) is 4.90. The van der Waals surface area contributed by atoms with E-state index in [1.54, 1.807) is 19.1 Å². The first-order valence-corrected chi connectivity index (χ1v) is 7.41. The van der Waals surface area contributed by atoms with Gasteiger partial charge in [-0.05, 0) is 36.8 Å². The third kappa shape index (κ3) is 4.33. The zero-order valence-corrected chi connectivity index (χ0v) is 12.7.